The van der Waals surface area contributed by atoms with E-state index >= 15 is 0 Å². The third-order valence-electron chi connectivity index (χ3n) is 3.33. The van der Waals surface area contributed by atoms with Crippen LogP contribution in [0.3, 0.4) is 0 Å². The summed E-state index contributed by atoms with van der Waals surface area (Å²) >= 11 is 1.21. The Morgan fingerprint density at radius 3 is 2.80 bits per heavy atom. The van der Waals surface area contributed by atoms with E-state index in [-0.39, 0.29) is 24.1 Å². The third-order valence-corrected chi connectivity index (χ3v) is 4.26. The molecule has 0 atom stereocenters. The van der Waals surface area contributed by atoms with Gasteiger partial charge in [0.2, 0.25) is 11.8 Å². The fraction of sp³-hybridized carbons (Fsp3) is 0.222. The summed E-state index contributed by atoms with van der Waals surface area (Å²) in [6.45, 7) is 1.92. The fourth-order valence-electron chi connectivity index (χ4n) is 2.07. The molecule has 6 nitrogen and oxygen atoms in total. The lowest BCUT2D eigenvalue weighted by Gasteiger charge is -2.10. The first-order valence-corrected chi connectivity index (χ1v) is 8.74. The molecule has 7 heteroatoms. The number of hydrogen-bond donors (Lipinski definition) is 2. The van der Waals surface area contributed by atoms with E-state index in [1.54, 1.807) is 12.1 Å². The van der Waals surface area contributed by atoms with Crippen LogP contribution in [0.1, 0.15) is 18.1 Å². The van der Waals surface area contributed by atoms with E-state index < -0.39 is 0 Å². The molecule has 128 valence electrons. The van der Waals surface area contributed by atoms with Crippen molar-refractivity contribution < 1.29 is 9.59 Å². The van der Waals surface area contributed by atoms with Gasteiger partial charge in [-0.05, 0) is 30.2 Å². The molecular weight excluding hydrogens is 336 g/mol. The lowest BCUT2D eigenvalue weighted by atomic mass is 10.1. The van der Waals surface area contributed by atoms with E-state index in [1.807, 2.05) is 37.3 Å². The molecule has 0 aliphatic rings. The summed E-state index contributed by atoms with van der Waals surface area (Å²) in [6, 6.07) is 12.8. The second-order valence-electron chi connectivity index (χ2n) is 5.12. The minimum Gasteiger partial charge on any atom is -0.346 e. The number of rotatable bonds is 7. The number of nitrogens with one attached hydrogen (secondary N) is 2. The van der Waals surface area contributed by atoms with Crippen LogP contribution >= 0.6 is 11.8 Å². The van der Waals surface area contributed by atoms with Crippen molar-refractivity contribution in [1.82, 2.24) is 10.3 Å². The Kier molecular flexibility index (Phi) is 6.99. The van der Waals surface area contributed by atoms with Gasteiger partial charge >= 0.3 is 0 Å². The van der Waals surface area contributed by atoms with Gasteiger partial charge in [-0.1, -0.05) is 36.9 Å². The summed E-state index contributed by atoms with van der Waals surface area (Å²) in [6.07, 6.45) is 2.34. The topological polar surface area (TPSA) is 94.9 Å². The van der Waals surface area contributed by atoms with Crippen molar-refractivity contribution in [3.8, 4) is 6.07 Å². The van der Waals surface area contributed by atoms with Crippen molar-refractivity contribution in [3.05, 3.63) is 53.7 Å². The Morgan fingerprint density at radius 2 is 2.04 bits per heavy atom. The predicted molar refractivity (Wildman–Crippen MR) is 97.1 cm³/mol. The summed E-state index contributed by atoms with van der Waals surface area (Å²) < 4.78 is 0. The van der Waals surface area contributed by atoms with E-state index in [1.165, 1.54) is 18.0 Å². The number of nitrogens with zero attached hydrogens (tertiary/aromatic N) is 2. The summed E-state index contributed by atoms with van der Waals surface area (Å²) in [7, 11) is 0. The van der Waals surface area contributed by atoms with Gasteiger partial charge in [-0.25, -0.2) is 4.98 Å². The number of carbonyl (C=O) groups is 2. The largest absolute Gasteiger partial charge is 0.346 e. The summed E-state index contributed by atoms with van der Waals surface area (Å²) in [5.74, 6) is -0.419. The van der Waals surface area contributed by atoms with E-state index in [0.29, 0.717) is 10.6 Å². The van der Waals surface area contributed by atoms with E-state index in [2.05, 4.69) is 15.6 Å². The molecule has 0 bridgehead atoms. The Bertz CT molecular complexity index is 802. The van der Waals surface area contributed by atoms with E-state index in [4.69, 9.17) is 5.26 Å². The fourth-order valence-corrected chi connectivity index (χ4v) is 2.80. The summed E-state index contributed by atoms with van der Waals surface area (Å²) in [4.78, 5) is 27.9. The lowest BCUT2D eigenvalue weighted by molar-refractivity contribution is -0.122. The van der Waals surface area contributed by atoms with Gasteiger partial charge in [0.1, 0.15) is 0 Å². The second-order valence-corrected chi connectivity index (χ2v) is 6.11. The highest BCUT2D eigenvalue weighted by molar-refractivity contribution is 7.99. The highest BCUT2D eigenvalue weighted by Gasteiger charge is 2.09. The highest BCUT2D eigenvalue weighted by Crippen LogP contribution is 2.16. The number of thioether (sulfide) groups is 1. The Labute approximate surface area is 150 Å². The lowest BCUT2D eigenvalue weighted by Crippen LogP contribution is -2.34. The van der Waals surface area contributed by atoms with Crippen molar-refractivity contribution in [2.24, 2.45) is 0 Å². The maximum Gasteiger partial charge on any atom is 0.243 e. The van der Waals surface area contributed by atoms with Gasteiger partial charge in [0.05, 0.1) is 29.0 Å². The molecule has 0 spiro atoms. The van der Waals surface area contributed by atoms with Crippen molar-refractivity contribution in [2.45, 2.75) is 18.4 Å². The van der Waals surface area contributed by atoms with Crippen molar-refractivity contribution in [3.63, 3.8) is 0 Å². The first-order chi connectivity index (χ1) is 12.1. The number of pyridine rings is 1. The molecule has 0 saturated carbocycles. The van der Waals surface area contributed by atoms with Crippen LogP contribution in [0.25, 0.3) is 0 Å². The minimum atomic E-state index is -0.274. The van der Waals surface area contributed by atoms with Crippen LogP contribution in [-0.4, -0.2) is 29.1 Å². The second kappa shape index (κ2) is 9.45. The summed E-state index contributed by atoms with van der Waals surface area (Å²) in [5, 5.41) is 14.8. The average molecular weight is 354 g/mol. The van der Waals surface area contributed by atoms with Gasteiger partial charge in [-0.15, -0.1) is 0 Å². The van der Waals surface area contributed by atoms with Gasteiger partial charge < -0.3 is 10.6 Å². The quantitative estimate of drug-likeness (QED) is 0.744. The molecule has 0 aliphatic carbocycles. The number of benzene rings is 1. The zero-order valence-corrected chi connectivity index (χ0v) is 14.6. The monoisotopic (exact) mass is 354 g/mol. The molecule has 0 unspecified atom stereocenters. The van der Waals surface area contributed by atoms with Gasteiger partial charge in [-0.3, -0.25) is 9.59 Å². The number of amides is 2. The smallest absolute Gasteiger partial charge is 0.243 e. The highest BCUT2D eigenvalue weighted by atomic mass is 32.2. The number of aryl methyl sites for hydroxylation is 1. The zero-order chi connectivity index (χ0) is 18.1. The molecule has 0 fully saturated rings. The molecule has 2 aromatic rings. The predicted octanol–water partition coefficient (Wildman–Crippen LogP) is 2.36. The first-order valence-electron chi connectivity index (χ1n) is 7.75. The van der Waals surface area contributed by atoms with Crippen LogP contribution in [0, 0.1) is 11.3 Å². The van der Waals surface area contributed by atoms with Crippen LogP contribution in [-0.2, 0) is 16.0 Å². The molecule has 25 heavy (non-hydrogen) atoms. The van der Waals surface area contributed by atoms with Crippen molar-refractivity contribution in [1.29, 1.82) is 5.26 Å². The Morgan fingerprint density at radius 1 is 1.24 bits per heavy atom. The standard InChI is InChI=1S/C18H18N4O2S/c1-2-14-5-3-4-6-15(14)22-16(23)11-21-17(24)12-25-18-9-13(10-19)7-8-20-18/h3-9H,2,11-12H2,1H3,(H,21,24)(H,22,23). The zero-order valence-electron chi connectivity index (χ0n) is 13.8. The molecule has 1 aromatic heterocycles. The maximum atomic E-state index is 12.0. The number of nitriles is 1. The molecule has 2 N–H and O–H groups in total. The van der Waals surface area contributed by atoms with Gasteiger partial charge in [0, 0.05) is 11.9 Å². The van der Waals surface area contributed by atoms with Crippen LogP contribution < -0.4 is 10.6 Å². The molecule has 0 radical (unpaired) electrons. The van der Waals surface area contributed by atoms with Gasteiger partial charge in [0.25, 0.3) is 0 Å². The van der Waals surface area contributed by atoms with Gasteiger partial charge in [-0.2, -0.15) is 5.26 Å². The van der Waals surface area contributed by atoms with E-state index in [0.717, 1.165) is 17.7 Å². The first kappa shape index (κ1) is 18.5. The molecule has 1 heterocycles. The molecule has 2 amide bonds. The van der Waals surface area contributed by atoms with Crippen molar-refractivity contribution >= 4 is 29.3 Å². The minimum absolute atomic E-state index is 0.0941. The number of anilines is 1. The van der Waals surface area contributed by atoms with Gasteiger partial charge in [0.15, 0.2) is 0 Å². The Balaban J connectivity index is 1.77. The van der Waals surface area contributed by atoms with Crippen LogP contribution in [0.5, 0.6) is 0 Å². The van der Waals surface area contributed by atoms with Crippen molar-refractivity contribution in [2.75, 3.05) is 17.6 Å². The normalized spacial score (nSPS) is 9.92. The van der Waals surface area contributed by atoms with Crippen LogP contribution in [0.2, 0.25) is 0 Å². The number of para-hydroxylation sites is 1. The third kappa shape index (κ3) is 5.94. The van der Waals surface area contributed by atoms with E-state index in [9.17, 15) is 9.59 Å². The van der Waals surface area contributed by atoms with Crippen LogP contribution in [0.15, 0.2) is 47.6 Å². The SMILES string of the molecule is CCc1ccccc1NC(=O)CNC(=O)CSc1cc(C#N)ccn1. The van der Waals surface area contributed by atoms with Crippen LogP contribution in [0.4, 0.5) is 5.69 Å². The maximum absolute atomic E-state index is 12.0. The number of aromatic nitrogens is 1. The number of carbonyl (C=O) groups excluding carboxylic acids is 2. The average Bonchev–Trinajstić information content (AvgIpc) is 2.65. The molecule has 1 aromatic carbocycles. The molecule has 2 rings (SSSR count). The molecule has 0 saturated heterocycles. The summed E-state index contributed by atoms with van der Waals surface area (Å²) in [5.41, 5.74) is 2.30. The Hall–Kier alpha value is -2.85. The number of hydrogen-bond acceptors (Lipinski definition) is 5. The molecule has 0 aliphatic heterocycles. The molecular formula is C18H18N4O2S.